The topological polar surface area (TPSA) is 37.8 Å². The summed E-state index contributed by atoms with van der Waals surface area (Å²) in [6.07, 6.45) is 4.00. The number of benzene rings is 1. The Bertz CT molecular complexity index is 789. The van der Waals surface area contributed by atoms with Gasteiger partial charge in [0, 0.05) is 45.5 Å². The summed E-state index contributed by atoms with van der Waals surface area (Å²) in [6.45, 7) is 5.03. The molecule has 0 aliphatic rings. The lowest BCUT2D eigenvalue weighted by Crippen LogP contribution is -2.05. The third kappa shape index (κ3) is 3.31. The Hall–Kier alpha value is -1.46. The average Bonchev–Trinajstić information content (AvgIpc) is 2.91. The predicted octanol–water partition coefficient (Wildman–Crippen LogP) is 5.12. The molecule has 5 heteroatoms. The molecule has 0 aliphatic carbocycles. The van der Waals surface area contributed by atoms with Crippen molar-refractivity contribution in [2.75, 3.05) is 11.9 Å². The van der Waals surface area contributed by atoms with Gasteiger partial charge in [0.2, 0.25) is 0 Å². The zero-order valence-corrected chi connectivity index (χ0v) is 15.1. The fourth-order valence-electron chi connectivity index (χ4n) is 2.52. The number of fused-ring (bicyclic) bond motifs is 1. The standard InChI is InChI=1S/C17H18BrN3S/c1-11-9-20-17(13-5-3-6-14(18)16(11)13)19-8-4-7-15-21-12(2)10-22-15/h3,5-6,9-10H,4,7-8H2,1-2H3,(H,19,20). The fraction of sp³-hybridized carbons (Fsp3) is 0.294. The van der Waals surface area contributed by atoms with E-state index < -0.39 is 0 Å². The van der Waals surface area contributed by atoms with E-state index in [0.29, 0.717) is 0 Å². The number of aromatic nitrogens is 2. The quantitative estimate of drug-likeness (QED) is 0.629. The first kappa shape index (κ1) is 15.4. The first-order chi connectivity index (χ1) is 10.6. The van der Waals surface area contributed by atoms with Crippen LogP contribution in [-0.4, -0.2) is 16.5 Å². The van der Waals surface area contributed by atoms with Crippen LogP contribution in [0.25, 0.3) is 10.8 Å². The number of halogens is 1. The second kappa shape index (κ2) is 6.75. The molecule has 3 rings (SSSR count). The molecule has 0 amide bonds. The van der Waals surface area contributed by atoms with E-state index in [1.165, 1.54) is 21.3 Å². The minimum Gasteiger partial charge on any atom is -0.370 e. The van der Waals surface area contributed by atoms with Crippen molar-refractivity contribution in [3.8, 4) is 0 Å². The van der Waals surface area contributed by atoms with Crippen LogP contribution in [0.3, 0.4) is 0 Å². The summed E-state index contributed by atoms with van der Waals surface area (Å²) in [5.74, 6) is 0.956. The molecule has 0 fully saturated rings. The van der Waals surface area contributed by atoms with Gasteiger partial charge < -0.3 is 5.32 Å². The molecule has 0 radical (unpaired) electrons. The lowest BCUT2D eigenvalue weighted by atomic mass is 10.1. The van der Waals surface area contributed by atoms with Gasteiger partial charge in [0.15, 0.2) is 0 Å². The highest BCUT2D eigenvalue weighted by molar-refractivity contribution is 9.10. The second-order valence-corrected chi connectivity index (χ2v) is 7.16. The molecule has 1 N–H and O–H groups in total. The molecule has 22 heavy (non-hydrogen) atoms. The summed E-state index contributed by atoms with van der Waals surface area (Å²) in [5, 5.41) is 9.18. The summed E-state index contributed by atoms with van der Waals surface area (Å²) in [5.41, 5.74) is 2.30. The van der Waals surface area contributed by atoms with E-state index in [9.17, 15) is 0 Å². The molecule has 0 saturated heterocycles. The molecular formula is C17H18BrN3S. The molecule has 0 unspecified atom stereocenters. The average molecular weight is 376 g/mol. The number of hydrogen-bond donors (Lipinski definition) is 1. The van der Waals surface area contributed by atoms with Crippen molar-refractivity contribution in [2.45, 2.75) is 26.7 Å². The monoisotopic (exact) mass is 375 g/mol. The van der Waals surface area contributed by atoms with Gasteiger partial charge in [-0.15, -0.1) is 11.3 Å². The van der Waals surface area contributed by atoms with Crippen molar-refractivity contribution < 1.29 is 0 Å². The summed E-state index contributed by atoms with van der Waals surface area (Å²) >= 11 is 5.38. The normalized spacial score (nSPS) is 11.0. The highest BCUT2D eigenvalue weighted by Crippen LogP contribution is 2.30. The Balaban J connectivity index is 1.69. The zero-order valence-electron chi connectivity index (χ0n) is 12.7. The summed E-state index contributed by atoms with van der Waals surface area (Å²) in [7, 11) is 0. The fourth-order valence-corrected chi connectivity index (χ4v) is 4.02. The predicted molar refractivity (Wildman–Crippen MR) is 97.8 cm³/mol. The molecule has 0 spiro atoms. The molecule has 1 aromatic carbocycles. The number of anilines is 1. The molecule has 2 heterocycles. The maximum absolute atomic E-state index is 4.55. The smallest absolute Gasteiger partial charge is 0.133 e. The van der Waals surface area contributed by atoms with Crippen LogP contribution in [0.1, 0.15) is 22.7 Å². The summed E-state index contributed by atoms with van der Waals surface area (Å²) in [4.78, 5) is 9.05. The number of nitrogens with zero attached hydrogens (tertiary/aromatic N) is 2. The van der Waals surface area contributed by atoms with Gasteiger partial charge in [0.25, 0.3) is 0 Å². The van der Waals surface area contributed by atoms with Gasteiger partial charge in [-0.3, -0.25) is 0 Å². The van der Waals surface area contributed by atoms with E-state index in [0.717, 1.165) is 35.4 Å². The zero-order chi connectivity index (χ0) is 15.5. The van der Waals surface area contributed by atoms with E-state index in [1.807, 2.05) is 13.1 Å². The SMILES string of the molecule is Cc1csc(CCCNc2ncc(C)c3c(Br)cccc23)n1. The minimum atomic E-state index is 0.899. The van der Waals surface area contributed by atoms with Crippen molar-refractivity contribution in [3.05, 3.63) is 50.5 Å². The number of nitrogens with one attached hydrogen (secondary N) is 1. The van der Waals surface area contributed by atoms with Crippen LogP contribution in [-0.2, 0) is 6.42 Å². The van der Waals surface area contributed by atoms with Crippen LogP contribution in [0.15, 0.2) is 34.2 Å². The number of pyridine rings is 1. The first-order valence-electron chi connectivity index (χ1n) is 7.34. The number of hydrogen-bond acceptors (Lipinski definition) is 4. The maximum Gasteiger partial charge on any atom is 0.133 e. The Kier molecular flexibility index (Phi) is 4.74. The van der Waals surface area contributed by atoms with E-state index >= 15 is 0 Å². The van der Waals surface area contributed by atoms with E-state index in [-0.39, 0.29) is 0 Å². The second-order valence-electron chi connectivity index (χ2n) is 5.37. The van der Waals surface area contributed by atoms with Gasteiger partial charge in [0.1, 0.15) is 5.82 Å². The number of rotatable bonds is 5. The van der Waals surface area contributed by atoms with Crippen LogP contribution in [0.4, 0.5) is 5.82 Å². The van der Waals surface area contributed by atoms with Crippen molar-refractivity contribution in [3.63, 3.8) is 0 Å². The Labute approximate surface area is 142 Å². The van der Waals surface area contributed by atoms with Crippen LogP contribution in [0, 0.1) is 13.8 Å². The molecule has 3 aromatic rings. The molecule has 114 valence electrons. The molecule has 0 saturated carbocycles. The number of thiazole rings is 1. The van der Waals surface area contributed by atoms with Crippen LogP contribution in [0.5, 0.6) is 0 Å². The number of aryl methyl sites for hydroxylation is 3. The van der Waals surface area contributed by atoms with Crippen molar-refractivity contribution in [1.82, 2.24) is 9.97 Å². The molecule has 3 nitrogen and oxygen atoms in total. The lowest BCUT2D eigenvalue weighted by Gasteiger charge is -2.11. The first-order valence-corrected chi connectivity index (χ1v) is 9.01. The molecule has 0 aliphatic heterocycles. The van der Waals surface area contributed by atoms with E-state index in [2.05, 4.69) is 61.7 Å². The van der Waals surface area contributed by atoms with Crippen LogP contribution < -0.4 is 5.32 Å². The van der Waals surface area contributed by atoms with Gasteiger partial charge in [-0.05, 0) is 31.9 Å². The lowest BCUT2D eigenvalue weighted by molar-refractivity contribution is 0.849. The molecule has 2 aromatic heterocycles. The highest BCUT2D eigenvalue weighted by atomic mass is 79.9. The van der Waals surface area contributed by atoms with Crippen LogP contribution in [0.2, 0.25) is 0 Å². The van der Waals surface area contributed by atoms with Gasteiger partial charge in [-0.1, -0.05) is 28.1 Å². The maximum atomic E-state index is 4.55. The molecular weight excluding hydrogens is 358 g/mol. The van der Waals surface area contributed by atoms with Gasteiger partial charge in [-0.25, -0.2) is 9.97 Å². The summed E-state index contributed by atoms with van der Waals surface area (Å²) < 4.78 is 1.12. The highest BCUT2D eigenvalue weighted by Gasteiger charge is 2.07. The Morgan fingerprint density at radius 1 is 1.27 bits per heavy atom. The van der Waals surface area contributed by atoms with Crippen molar-refractivity contribution >= 4 is 43.9 Å². The molecule has 0 atom stereocenters. The van der Waals surface area contributed by atoms with E-state index in [1.54, 1.807) is 11.3 Å². The van der Waals surface area contributed by atoms with Gasteiger partial charge >= 0.3 is 0 Å². The van der Waals surface area contributed by atoms with Gasteiger partial charge in [-0.2, -0.15) is 0 Å². The minimum absolute atomic E-state index is 0.899. The van der Waals surface area contributed by atoms with E-state index in [4.69, 9.17) is 0 Å². The molecule has 0 bridgehead atoms. The Morgan fingerprint density at radius 3 is 2.91 bits per heavy atom. The summed E-state index contributed by atoms with van der Waals surface area (Å²) in [6, 6.07) is 6.24. The Morgan fingerprint density at radius 2 is 2.14 bits per heavy atom. The van der Waals surface area contributed by atoms with Gasteiger partial charge in [0.05, 0.1) is 5.01 Å². The van der Waals surface area contributed by atoms with Crippen LogP contribution >= 0.6 is 27.3 Å². The third-order valence-electron chi connectivity index (χ3n) is 3.58. The largest absolute Gasteiger partial charge is 0.370 e. The van der Waals surface area contributed by atoms with Crippen molar-refractivity contribution in [1.29, 1.82) is 0 Å². The van der Waals surface area contributed by atoms with Crippen molar-refractivity contribution in [2.24, 2.45) is 0 Å². The third-order valence-corrected chi connectivity index (χ3v) is 5.26.